The number of hydrogen-bond acceptors (Lipinski definition) is 4. The van der Waals surface area contributed by atoms with Gasteiger partial charge in [-0.05, 0) is 61.6 Å². The molecule has 32 heavy (non-hydrogen) atoms. The van der Waals surface area contributed by atoms with Gasteiger partial charge in [-0.15, -0.1) is 0 Å². The van der Waals surface area contributed by atoms with Gasteiger partial charge in [0, 0.05) is 43.2 Å². The summed E-state index contributed by atoms with van der Waals surface area (Å²) < 4.78 is 7.68. The lowest BCUT2D eigenvalue weighted by Gasteiger charge is -2.28. The maximum Gasteiger partial charge on any atom is 0.133 e. The minimum Gasteiger partial charge on any atom is -0.494 e. The molecule has 1 N–H and O–H groups in total. The second kappa shape index (κ2) is 10.2. The van der Waals surface area contributed by atoms with E-state index in [1.165, 1.54) is 11.3 Å². The van der Waals surface area contributed by atoms with E-state index in [2.05, 4.69) is 47.7 Å². The molecule has 5 heteroatoms. The van der Waals surface area contributed by atoms with Crippen LogP contribution in [-0.4, -0.2) is 46.5 Å². The number of hydrogen-bond donors (Lipinski definition) is 1. The number of aromatic nitrogens is 1. The standard InChI is InChI=1S/C27H33N3O2/c1-4-32-26-11-8-21(9-12-26)27(31)29-16-13-24-6-5-15-30(24)25-10-7-22(20(2)3)18-23(19-25)28-14-17-29/h6,8-9,11-12,18-20,27,31H,4,7,10,13-14,16-17H2,1-3H3. The number of aliphatic hydroxyl groups excluding tert-OH is 1. The lowest BCUT2D eigenvalue weighted by Crippen LogP contribution is -2.33. The first-order valence-corrected chi connectivity index (χ1v) is 11.7. The maximum absolute atomic E-state index is 11.2. The van der Waals surface area contributed by atoms with Gasteiger partial charge >= 0.3 is 0 Å². The molecule has 2 heterocycles. The van der Waals surface area contributed by atoms with E-state index in [-0.39, 0.29) is 0 Å². The summed E-state index contributed by atoms with van der Waals surface area (Å²) in [4.78, 5) is 7.01. The fourth-order valence-electron chi connectivity index (χ4n) is 4.33. The predicted molar refractivity (Wildman–Crippen MR) is 129 cm³/mol. The summed E-state index contributed by atoms with van der Waals surface area (Å²) in [5.74, 6) is 1.32. The molecule has 5 nitrogen and oxygen atoms in total. The number of aliphatic hydroxyl groups is 1. The Bertz CT molecular complexity index is 998. The first kappa shape index (κ1) is 22.4. The lowest BCUT2D eigenvalue weighted by molar-refractivity contribution is 0.00430. The van der Waals surface area contributed by atoms with E-state index in [9.17, 15) is 5.11 Å². The first-order chi connectivity index (χ1) is 15.5. The Labute approximate surface area is 191 Å². The zero-order valence-corrected chi connectivity index (χ0v) is 19.3. The highest BCUT2D eigenvalue weighted by molar-refractivity contribution is 6.08. The van der Waals surface area contributed by atoms with Gasteiger partial charge in [-0.1, -0.05) is 31.6 Å². The quantitative estimate of drug-likeness (QED) is 0.747. The zero-order chi connectivity index (χ0) is 22.5. The molecule has 0 saturated carbocycles. The highest BCUT2D eigenvalue weighted by Crippen LogP contribution is 2.27. The van der Waals surface area contributed by atoms with E-state index in [1.54, 1.807) is 0 Å². The van der Waals surface area contributed by atoms with Gasteiger partial charge in [0.05, 0.1) is 18.9 Å². The molecule has 168 valence electrons. The number of ether oxygens (including phenoxy) is 1. The Morgan fingerprint density at radius 2 is 1.91 bits per heavy atom. The molecule has 1 atom stereocenters. The molecule has 1 aliphatic heterocycles. The molecule has 4 rings (SSSR count). The summed E-state index contributed by atoms with van der Waals surface area (Å²) in [5, 5.41) is 11.2. The molecule has 0 spiro atoms. The largest absolute Gasteiger partial charge is 0.494 e. The molecule has 2 aliphatic rings. The highest BCUT2D eigenvalue weighted by atomic mass is 16.5. The number of fused-ring (bicyclic) bond motifs is 3. The SMILES string of the molecule is CCOc1ccc(C(O)N2CCN=C3C=C(C(C)C)CCC(=C3)n3c#ccc3CC2)cc1. The predicted octanol–water partition coefficient (Wildman–Crippen LogP) is 4.69. The van der Waals surface area contributed by atoms with Crippen LogP contribution >= 0.6 is 0 Å². The van der Waals surface area contributed by atoms with Crippen molar-refractivity contribution in [3.8, 4) is 5.75 Å². The monoisotopic (exact) mass is 431 g/mol. The molecule has 0 amide bonds. The summed E-state index contributed by atoms with van der Waals surface area (Å²) >= 11 is 0. The van der Waals surface area contributed by atoms with Gasteiger partial charge in [-0.3, -0.25) is 14.5 Å². The Kier molecular flexibility index (Phi) is 7.14. The van der Waals surface area contributed by atoms with E-state index >= 15 is 0 Å². The summed E-state index contributed by atoms with van der Waals surface area (Å²) in [6.07, 6.45) is 9.83. The van der Waals surface area contributed by atoms with Gasteiger partial charge < -0.3 is 9.84 Å². The Balaban J connectivity index is 1.61. The van der Waals surface area contributed by atoms with Crippen molar-refractivity contribution in [1.82, 2.24) is 9.47 Å². The van der Waals surface area contributed by atoms with E-state index in [0.29, 0.717) is 25.6 Å². The first-order valence-electron chi connectivity index (χ1n) is 11.7. The average molecular weight is 432 g/mol. The van der Waals surface area contributed by atoms with Gasteiger partial charge in [0.2, 0.25) is 0 Å². The van der Waals surface area contributed by atoms with Crippen molar-refractivity contribution in [2.24, 2.45) is 10.9 Å². The van der Waals surface area contributed by atoms with Gasteiger partial charge in [-0.25, -0.2) is 0 Å². The van der Waals surface area contributed by atoms with Crippen LogP contribution in [0.5, 0.6) is 5.75 Å². The summed E-state index contributed by atoms with van der Waals surface area (Å²) in [5.41, 5.74) is 5.67. The van der Waals surface area contributed by atoms with Crippen molar-refractivity contribution in [1.29, 1.82) is 0 Å². The molecule has 0 fully saturated rings. The molecule has 2 bridgehead atoms. The summed E-state index contributed by atoms with van der Waals surface area (Å²) in [6.45, 7) is 9.13. The Morgan fingerprint density at radius 3 is 2.66 bits per heavy atom. The van der Waals surface area contributed by atoms with Crippen LogP contribution in [0.15, 0.2) is 53.0 Å². The molecular formula is C27H33N3O2. The van der Waals surface area contributed by atoms with E-state index < -0.39 is 6.23 Å². The smallest absolute Gasteiger partial charge is 0.133 e. The van der Waals surface area contributed by atoms with E-state index in [1.807, 2.05) is 37.3 Å². The van der Waals surface area contributed by atoms with Crippen LogP contribution in [0.25, 0.3) is 5.70 Å². The topological polar surface area (TPSA) is 50.0 Å². The van der Waals surface area contributed by atoms with E-state index in [4.69, 9.17) is 9.73 Å². The van der Waals surface area contributed by atoms with Gasteiger partial charge in [-0.2, -0.15) is 0 Å². The lowest BCUT2D eigenvalue weighted by atomic mass is 9.98. The van der Waals surface area contributed by atoms with Crippen LogP contribution in [0.2, 0.25) is 0 Å². The van der Waals surface area contributed by atoms with E-state index in [0.717, 1.165) is 48.5 Å². The third-order valence-electron chi connectivity index (χ3n) is 6.22. The third-order valence-corrected chi connectivity index (χ3v) is 6.22. The van der Waals surface area contributed by atoms with Gasteiger partial charge in [0.1, 0.15) is 12.0 Å². The fraction of sp³-hybridized carbons (Fsp3) is 0.444. The van der Waals surface area contributed by atoms with Crippen molar-refractivity contribution in [2.45, 2.75) is 46.3 Å². The van der Waals surface area contributed by atoms with Crippen LogP contribution in [0.4, 0.5) is 0 Å². The average Bonchev–Trinajstić information content (AvgIpc) is 3.14. The van der Waals surface area contributed by atoms with Gasteiger partial charge in [0.25, 0.3) is 0 Å². The maximum atomic E-state index is 11.2. The van der Waals surface area contributed by atoms with Gasteiger partial charge in [0.15, 0.2) is 0 Å². The Hall–Kier alpha value is -2.81. The fourth-order valence-corrected chi connectivity index (χ4v) is 4.33. The molecule has 1 aromatic heterocycles. The second-order valence-corrected chi connectivity index (χ2v) is 8.71. The number of aliphatic imine (C=N–C) groups is 1. The second-order valence-electron chi connectivity index (χ2n) is 8.71. The summed E-state index contributed by atoms with van der Waals surface area (Å²) in [7, 11) is 0. The van der Waals surface area contributed by atoms with Crippen molar-refractivity contribution in [3.63, 3.8) is 0 Å². The minimum atomic E-state index is -0.691. The summed E-state index contributed by atoms with van der Waals surface area (Å²) in [6, 6.07) is 12.9. The van der Waals surface area contributed by atoms with Crippen molar-refractivity contribution in [2.75, 3.05) is 26.2 Å². The zero-order valence-electron chi connectivity index (χ0n) is 19.3. The van der Waals surface area contributed by atoms with Crippen LogP contribution in [-0.2, 0) is 6.42 Å². The van der Waals surface area contributed by atoms with Crippen LogP contribution in [0, 0.1) is 18.2 Å². The molecule has 0 radical (unpaired) electrons. The highest BCUT2D eigenvalue weighted by Gasteiger charge is 2.20. The molecule has 0 saturated heterocycles. The number of allylic oxidation sites excluding steroid dienone is 4. The van der Waals surface area contributed by atoms with Crippen LogP contribution < -0.4 is 4.74 Å². The van der Waals surface area contributed by atoms with Crippen LogP contribution in [0.1, 0.15) is 51.1 Å². The van der Waals surface area contributed by atoms with Crippen molar-refractivity contribution in [3.05, 3.63) is 71.6 Å². The molecule has 1 aliphatic carbocycles. The number of rotatable bonds is 5. The number of benzene rings is 1. The molecule has 1 aromatic carbocycles. The Morgan fingerprint density at radius 1 is 1.09 bits per heavy atom. The van der Waals surface area contributed by atoms with Crippen molar-refractivity contribution >= 4 is 11.4 Å². The van der Waals surface area contributed by atoms with Crippen molar-refractivity contribution < 1.29 is 9.84 Å². The number of nitrogens with zero attached hydrogens (tertiary/aromatic N) is 3. The van der Waals surface area contributed by atoms with Crippen LogP contribution in [0.3, 0.4) is 0 Å². The third kappa shape index (κ3) is 5.15. The minimum absolute atomic E-state index is 0.499. The molecule has 1 unspecified atom stereocenters. The molecular weight excluding hydrogens is 398 g/mol. The molecule has 2 aromatic rings. The normalized spacial score (nSPS) is 18.3.